The van der Waals surface area contributed by atoms with Gasteiger partial charge in [0.2, 0.25) is 0 Å². The molecule has 0 spiro atoms. The number of rotatable bonds is 8. The molecule has 0 fully saturated rings. The van der Waals surface area contributed by atoms with Gasteiger partial charge in [-0.05, 0) is 54.2 Å². The standard InChI is InChI=1S/C13H19BrO2/c1-2-15-10-6-3-7-11-16-13-9-5-4-8-12(13)14/h4-5,8-9H,2-3,6-7,10-11H2,1H3. The highest BCUT2D eigenvalue weighted by atomic mass is 79.9. The van der Waals surface area contributed by atoms with Gasteiger partial charge in [-0.3, -0.25) is 0 Å². The van der Waals surface area contributed by atoms with Gasteiger partial charge in [-0.2, -0.15) is 0 Å². The number of hydrogen-bond acceptors (Lipinski definition) is 2. The summed E-state index contributed by atoms with van der Waals surface area (Å²) in [6.45, 7) is 4.48. The van der Waals surface area contributed by atoms with Crippen LogP contribution in [0.25, 0.3) is 0 Å². The zero-order valence-corrected chi connectivity index (χ0v) is 11.3. The van der Waals surface area contributed by atoms with Gasteiger partial charge in [-0.1, -0.05) is 12.1 Å². The van der Waals surface area contributed by atoms with E-state index in [9.17, 15) is 0 Å². The first kappa shape index (κ1) is 13.5. The maximum absolute atomic E-state index is 5.66. The third kappa shape index (κ3) is 5.52. The third-order valence-corrected chi connectivity index (χ3v) is 2.89. The average Bonchev–Trinajstić information content (AvgIpc) is 2.30. The summed E-state index contributed by atoms with van der Waals surface area (Å²) >= 11 is 3.45. The molecule has 1 rings (SSSR count). The Balaban J connectivity index is 2.05. The highest BCUT2D eigenvalue weighted by Crippen LogP contribution is 2.23. The molecule has 0 amide bonds. The van der Waals surface area contributed by atoms with Crippen molar-refractivity contribution in [2.45, 2.75) is 26.2 Å². The van der Waals surface area contributed by atoms with E-state index in [-0.39, 0.29) is 0 Å². The van der Waals surface area contributed by atoms with Crippen molar-refractivity contribution in [1.82, 2.24) is 0 Å². The van der Waals surface area contributed by atoms with Crippen molar-refractivity contribution in [3.8, 4) is 5.75 Å². The average molecular weight is 287 g/mol. The minimum Gasteiger partial charge on any atom is -0.492 e. The van der Waals surface area contributed by atoms with Gasteiger partial charge in [0.1, 0.15) is 5.75 Å². The lowest BCUT2D eigenvalue weighted by molar-refractivity contribution is 0.141. The molecular formula is C13H19BrO2. The van der Waals surface area contributed by atoms with Crippen LogP contribution >= 0.6 is 15.9 Å². The van der Waals surface area contributed by atoms with Crippen LogP contribution in [0.5, 0.6) is 5.75 Å². The van der Waals surface area contributed by atoms with Crippen molar-refractivity contribution in [1.29, 1.82) is 0 Å². The minimum atomic E-state index is 0.773. The van der Waals surface area contributed by atoms with Crippen LogP contribution < -0.4 is 4.74 Å². The SMILES string of the molecule is CCOCCCCCOc1ccccc1Br. The fourth-order valence-corrected chi connectivity index (χ4v) is 1.77. The number of hydrogen-bond donors (Lipinski definition) is 0. The Morgan fingerprint density at radius 3 is 2.56 bits per heavy atom. The molecule has 2 nitrogen and oxygen atoms in total. The zero-order valence-electron chi connectivity index (χ0n) is 9.75. The molecule has 0 bridgehead atoms. The van der Waals surface area contributed by atoms with Crippen LogP contribution in [0.4, 0.5) is 0 Å². The number of para-hydroxylation sites is 1. The van der Waals surface area contributed by atoms with E-state index in [0.717, 1.165) is 49.3 Å². The smallest absolute Gasteiger partial charge is 0.133 e. The normalized spacial score (nSPS) is 10.4. The molecule has 0 atom stereocenters. The van der Waals surface area contributed by atoms with E-state index in [1.54, 1.807) is 0 Å². The van der Waals surface area contributed by atoms with Gasteiger partial charge < -0.3 is 9.47 Å². The maximum Gasteiger partial charge on any atom is 0.133 e. The van der Waals surface area contributed by atoms with Crippen molar-refractivity contribution in [2.75, 3.05) is 19.8 Å². The summed E-state index contributed by atoms with van der Waals surface area (Å²) in [5, 5.41) is 0. The predicted octanol–water partition coefficient (Wildman–Crippen LogP) is 4.03. The molecular weight excluding hydrogens is 268 g/mol. The molecule has 16 heavy (non-hydrogen) atoms. The summed E-state index contributed by atoms with van der Waals surface area (Å²) < 4.78 is 11.9. The molecule has 0 N–H and O–H groups in total. The Hall–Kier alpha value is -0.540. The van der Waals surface area contributed by atoms with Gasteiger partial charge in [0.05, 0.1) is 11.1 Å². The van der Waals surface area contributed by atoms with E-state index in [1.807, 2.05) is 31.2 Å². The first-order chi connectivity index (χ1) is 7.84. The van der Waals surface area contributed by atoms with Gasteiger partial charge >= 0.3 is 0 Å². The second-order valence-corrected chi connectivity index (χ2v) is 4.39. The van der Waals surface area contributed by atoms with Crippen LogP contribution in [0.15, 0.2) is 28.7 Å². The molecule has 0 saturated carbocycles. The number of benzene rings is 1. The van der Waals surface area contributed by atoms with Gasteiger partial charge in [-0.25, -0.2) is 0 Å². The van der Waals surface area contributed by atoms with E-state index in [0.29, 0.717) is 0 Å². The maximum atomic E-state index is 5.66. The van der Waals surface area contributed by atoms with Crippen LogP contribution in [0.2, 0.25) is 0 Å². The molecule has 3 heteroatoms. The Kier molecular flexibility index (Phi) is 7.26. The van der Waals surface area contributed by atoms with Crippen molar-refractivity contribution in [3.63, 3.8) is 0 Å². The largest absolute Gasteiger partial charge is 0.492 e. The molecule has 1 aromatic rings. The van der Waals surface area contributed by atoms with Crippen LogP contribution in [-0.4, -0.2) is 19.8 Å². The van der Waals surface area contributed by atoms with E-state index in [4.69, 9.17) is 9.47 Å². The summed E-state index contributed by atoms with van der Waals surface area (Å²) in [7, 11) is 0. The van der Waals surface area contributed by atoms with Gasteiger partial charge in [-0.15, -0.1) is 0 Å². The Bertz CT molecular complexity index is 289. The summed E-state index contributed by atoms with van der Waals surface area (Å²) in [4.78, 5) is 0. The first-order valence-corrected chi connectivity index (χ1v) is 6.59. The molecule has 0 heterocycles. The Labute approximate surface area is 106 Å². The van der Waals surface area contributed by atoms with Crippen LogP contribution in [0.1, 0.15) is 26.2 Å². The van der Waals surface area contributed by atoms with E-state index in [1.165, 1.54) is 0 Å². The molecule has 1 aromatic carbocycles. The number of ether oxygens (including phenoxy) is 2. The van der Waals surface area contributed by atoms with Crippen LogP contribution in [0, 0.1) is 0 Å². The van der Waals surface area contributed by atoms with Crippen molar-refractivity contribution >= 4 is 15.9 Å². The molecule has 0 aliphatic rings. The summed E-state index contributed by atoms with van der Waals surface area (Å²) in [5.74, 6) is 0.923. The summed E-state index contributed by atoms with van der Waals surface area (Å²) in [6.07, 6.45) is 3.35. The highest BCUT2D eigenvalue weighted by Gasteiger charge is 1.98. The van der Waals surface area contributed by atoms with Crippen molar-refractivity contribution < 1.29 is 9.47 Å². The lowest BCUT2D eigenvalue weighted by Crippen LogP contribution is -1.99. The number of unbranched alkanes of at least 4 members (excludes halogenated alkanes) is 2. The molecule has 90 valence electrons. The van der Waals surface area contributed by atoms with E-state index >= 15 is 0 Å². The Morgan fingerprint density at radius 2 is 1.81 bits per heavy atom. The highest BCUT2D eigenvalue weighted by molar-refractivity contribution is 9.10. The molecule has 0 aliphatic heterocycles. The fourth-order valence-electron chi connectivity index (χ4n) is 1.37. The third-order valence-electron chi connectivity index (χ3n) is 2.23. The van der Waals surface area contributed by atoms with Crippen LogP contribution in [0.3, 0.4) is 0 Å². The number of halogens is 1. The quantitative estimate of drug-likeness (QED) is 0.672. The molecule has 0 radical (unpaired) electrons. The lowest BCUT2D eigenvalue weighted by atomic mass is 10.2. The predicted molar refractivity (Wildman–Crippen MR) is 70.0 cm³/mol. The fraction of sp³-hybridized carbons (Fsp3) is 0.538. The van der Waals surface area contributed by atoms with E-state index < -0.39 is 0 Å². The summed E-state index contributed by atoms with van der Waals surface area (Å²) in [6, 6.07) is 7.93. The molecule has 0 aromatic heterocycles. The topological polar surface area (TPSA) is 18.5 Å². The lowest BCUT2D eigenvalue weighted by Gasteiger charge is -2.07. The van der Waals surface area contributed by atoms with Gasteiger partial charge in [0, 0.05) is 13.2 Å². The molecule has 0 aliphatic carbocycles. The Morgan fingerprint density at radius 1 is 1.06 bits per heavy atom. The van der Waals surface area contributed by atoms with Crippen LogP contribution in [-0.2, 0) is 4.74 Å². The molecule has 0 unspecified atom stereocenters. The van der Waals surface area contributed by atoms with E-state index in [2.05, 4.69) is 15.9 Å². The second-order valence-electron chi connectivity index (χ2n) is 3.54. The molecule has 0 saturated heterocycles. The van der Waals surface area contributed by atoms with Gasteiger partial charge in [0.15, 0.2) is 0 Å². The van der Waals surface area contributed by atoms with Crippen molar-refractivity contribution in [2.24, 2.45) is 0 Å². The van der Waals surface area contributed by atoms with Crippen molar-refractivity contribution in [3.05, 3.63) is 28.7 Å². The monoisotopic (exact) mass is 286 g/mol. The summed E-state index contributed by atoms with van der Waals surface area (Å²) in [5.41, 5.74) is 0. The zero-order chi connectivity index (χ0) is 11.6. The van der Waals surface area contributed by atoms with Gasteiger partial charge in [0.25, 0.3) is 0 Å². The second kappa shape index (κ2) is 8.59. The minimum absolute atomic E-state index is 0.773. The first-order valence-electron chi connectivity index (χ1n) is 5.79.